The largest absolute Gasteiger partial charge is 0.497 e. The number of methoxy groups -OCH3 is 1. The number of amides is 1. The number of carbonyl (C=O) groups is 1. The van der Waals surface area contributed by atoms with Gasteiger partial charge in [-0.15, -0.1) is 0 Å². The Kier molecular flexibility index (Phi) is 6.69. The Morgan fingerprint density at radius 1 is 1.14 bits per heavy atom. The van der Waals surface area contributed by atoms with Crippen molar-refractivity contribution < 1.29 is 14.3 Å². The van der Waals surface area contributed by atoms with Crippen molar-refractivity contribution in [1.82, 2.24) is 20.1 Å². The molecule has 0 aliphatic carbocycles. The van der Waals surface area contributed by atoms with Gasteiger partial charge in [0.15, 0.2) is 5.82 Å². The van der Waals surface area contributed by atoms with Gasteiger partial charge in [0.2, 0.25) is 0 Å². The van der Waals surface area contributed by atoms with Gasteiger partial charge in [0.1, 0.15) is 17.2 Å². The molecule has 1 heterocycles. The van der Waals surface area contributed by atoms with Crippen LogP contribution in [-0.2, 0) is 17.7 Å². The summed E-state index contributed by atoms with van der Waals surface area (Å²) in [4.78, 5) is 16.7. The molecule has 28 heavy (non-hydrogen) atoms. The van der Waals surface area contributed by atoms with Crippen molar-refractivity contribution in [3.63, 3.8) is 0 Å². The second kappa shape index (κ2) is 8.63. The Morgan fingerprint density at radius 2 is 1.79 bits per heavy atom. The molecule has 0 aliphatic rings. The van der Waals surface area contributed by atoms with Crippen molar-refractivity contribution in [2.45, 2.75) is 72.1 Å². The zero-order valence-corrected chi connectivity index (χ0v) is 18.0. The van der Waals surface area contributed by atoms with Gasteiger partial charge in [-0.25, -0.2) is 14.5 Å². The second-order valence-electron chi connectivity index (χ2n) is 8.42. The third-order valence-electron chi connectivity index (χ3n) is 4.20. The van der Waals surface area contributed by atoms with Crippen LogP contribution in [0.4, 0.5) is 4.79 Å². The Balaban J connectivity index is 2.06. The SMILES string of the molecule is CCc1nc(-c2ccc(OC)cc2)nn1CCC(C)(C)NC(=O)OC(C)(C)C. The fraction of sp³-hybridized carbons (Fsp3) is 0.571. The highest BCUT2D eigenvalue weighted by Gasteiger charge is 2.25. The van der Waals surface area contributed by atoms with Gasteiger partial charge >= 0.3 is 6.09 Å². The minimum Gasteiger partial charge on any atom is -0.497 e. The van der Waals surface area contributed by atoms with E-state index in [4.69, 9.17) is 9.47 Å². The van der Waals surface area contributed by atoms with E-state index < -0.39 is 17.2 Å². The zero-order valence-electron chi connectivity index (χ0n) is 18.0. The average Bonchev–Trinajstić information content (AvgIpc) is 3.01. The Hall–Kier alpha value is -2.57. The van der Waals surface area contributed by atoms with E-state index in [1.165, 1.54) is 0 Å². The van der Waals surface area contributed by atoms with Crippen LogP contribution in [0.1, 0.15) is 53.8 Å². The molecule has 2 aromatic rings. The summed E-state index contributed by atoms with van der Waals surface area (Å²) < 4.78 is 12.5. The number of carbonyl (C=O) groups excluding carboxylic acids is 1. The fourth-order valence-electron chi connectivity index (χ4n) is 2.71. The molecule has 7 nitrogen and oxygen atoms in total. The molecule has 2 rings (SSSR count). The highest BCUT2D eigenvalue weighted by molar-refractivity contribution is 5.68. The summed E-state index contributed by atoms with van der Waals surface area (Å²) in [6.07, 6.45) is 1.07. The highest BCUT2D eigenvalue weighted by Crippen LogP contribution is 2.21. The van der Waals surface area contributed by atoms with Crippen molar-refractivity contribution in [3.05, 3.63) is 30.1 Å². The Bertz CT molecular complexity index is 789. The number of ether oxygens (including phenoxy) is 2. The molecule has 1 aromatic heterocycles. The number of nitrogens with zero attached hydrogens (tertiary/aromatic N) is 3. The molecule has 0 radical (unpaired) electrons. The zero-order chi connectivity index (χ0) is 20.9. The first-order valence-corrected chi connectivity index (χ1v) is 9.62. The van der Waals surface area contributed by atoms with E-state index in [1.54, 1.807) is 7.11 Å². The topological polar surface area (TPSA) is 78.3 Å². The quantitative estimate of drug-likeness (QED) is 0.769. The molecule has 0 aliphatic heterocycles. The van der Waals surface area contributed by atoms with Gasteiger partial charge in [0, 0.05) is 24.1 Å². The first-order valence-electron chi connectivity index (χ1n) is 9.62. The summed E-state index contributed by atoms with van der Waals surface area (Å²) in [5.74, 6) is 2.41. The van der Waals surface area contributed by atoms with Crippen molar-refractivity contribution in [2.75, 3.05) is 7.11 Å². The van der Waals surface area contributed by atoms with Gasteiger partial charge in [-0.1, -0.05) is 6.92 Å². The number of benzene rings is 1. The van der Waals surface area contributed by atoms with E-state index >= 15 is 0 Å². The summed E-state index contributed by atoms with van der Waals surface area (Å²) in [5, 5.41) is 7.60. The highest BCUT2D eigenvalue weighted by atomic mass is 16.6. The molecule has 0 saturated carbocycles. The van der Waals surface area contributed by atoms with Crippen molar-refractivity contribution in [2.24, 2.45) is 0 Å². The first kappa shape index (κ1) is 21.7. The Morgan fingerprint density at radius 3 is 2.32 bits per heavy atom. The van der Waals surface area contributed by atoms with Gasteiger partial charge < -0.3 is 14.8 Å². The minimum absolute atomic E-state index is 0.411. The smallest absolute Gasteiger partial charge is 0.408 e. The number of hydrogen-bond donors (Lipinski definition) is 1. The van der Waals surface area contributed by atoms with E-state index in [-0.39, 0.29) is 0 Å². The maximum atomic E-state index is 12.1. The molecule has 0 saturated heterocycles. The molecular formula is C21H32N4O3. The first-order chi connectivity index (χ1) is 13.0. The standard InChI is InChI=1S/C21H32N4O3/c1-8-17-22-18(15-9-11-16(27-7)12-10-15)24-25(17)14-13-21(5,6)23-19(26)28-20(2,3)4/h9-12H,8,13-14H2,1-7H3,(H,23,26). The number of aryl methyl sites for hydroxylation is 2. The number of alkyl carbamates (subject to hydrolysis) is 1. The average molecular weight is 389 g/mol. The van der Waals surface area contributed by atoms with Gasteiger partial charge in [-0.05, 0) is 65.3 Å². The molecule has 1 aromatic carbocycles. The van der Waals surface area contributed by atoms with E-state index in [1.807, 2.05) is 63.6 Å². The number of aromatic nitrogens is 3. The lowest BCUT2D eigenvalue weighted by atomic mass is 10.0. The number of rotatable bonds is 7. The van der Waals surface area contributed by atoms with Gasteiger partial charge in [0.05, 0.1) is 7.11 Å². The van der Waals surface area contributed by atoms with E-state index in [9.17, 15) is 4.79 Å². The van der Waals surface area contributed by atoms with E-state index in [0.717, 1.165) is 23.6 Å². The van der Waals surface area contributed by atoms with Crippen LogP contribution in [0, 0.1) is 0 Å². The van der Waals surface area contributed by atoms with Crippen LogP contribution in [0.5, 0.6) is 5.75 Å². The molecule has 0 fully saturated rings. The van der Waals surface area contributed by atoms with Crippen molar-refractivity contribution >= 4 is 6.09 Å². The maximum absolute atomic E-state index is 12.1. The second-order valence-corrected chi connectivity index (χ2v) is 8.42. The molecule has 0 unspecified atom stereocenters. The van der Waals surface area contributed by atoms with Crippen molar-refractivity contribution in [1.29, 1.82) is 0 Å². The normalized spacial score (nSPS) is 12.0. The van der Waals surface area contributed by atoms with Gasteiger partial charge in [-0.2, -0.15) is 5.10 Å². The third kappa shape index (κ3) is 6.25. The Labute approximate surface area is 167 Å². The molecule has 0 atom stereocenters. The number of hydrogen-bond acceptors (Lipinski definition) is 5. The lowest BCUT2D eigenvalue weighted by molar-refractivity contribution is 0.0465. The van der Waals surface area contributed by atoms with Crippen LogP contribution in [-0.4, -0.2) is 39.1 Å². The van der Waals surface area contributed by atoms with Crippen LogP contribution in [0.3, 0.4) is 0 Å². The van der Waals surface area contributed by atoms with Gasteiger partial charge in [0.25, 0.3) is 0 Å². The third-order valence-corrected chi connectivity index (χ3v) is 4.20. The van der Waals surface area contributed by atoms with Crippen LogP contribution in [0.25, 0.3) is 11.4 Å². The fourth-order valence-corrected chi connectivity index (χ4v) is 2.71. The molecule has 154 valence electrons. The molecular weight excluding hydrogens is 356 g/mol. The monoisotopic (exact) mass is 388 g/mol. The van der Waals surface area contributed by atoms with Crippen LogP contribution in [0.15, 0.2) is 24.3 Å². The van der Waals surface area contributed by atoms with E-state index in [0.29, 0.717) is 18.8 Å². The molecule has 1 N–H and O–H groups in total. The summed E-state index contributed by atoms with van der Waals surface area (Å²) in [6, 6.07) is 7.70. The van der Waals surface area contributed by atoms with Crippen LogP contribution in [0.2, 0.25) is 0 Å². The summed E-state index contributed by atoms with van der Waals surface area (Å²) >= 11 is 0. The predicted octanol–water partition coefficient (Wildman–Crippen LogP) is 4.21. The van der Waals surface area contributed by atoms with Crippen LogP contribution < -0.4 is 10.1 Å². The summed E-state index contributed by atoms with van der Waals surface area (Å²) in [6.45, 7) is 12.2. The maximum Gasteiger partial charge on any atom is 0.408 e. The minimum atomic E-state index is -0.519. The van der Waals surface area contributed by atoms with Crippen molar-refractivity contribution in [3.8, 4) is 17.1 Å². The summed E-state index contributed by atoms with van der Waals surface area (Å²) in [7, 11) is 1.64. The molecule has 1 amide bonds. The molecule has 0 bridgehead atoms. The predicted molar refractivity (Wildman–Crippen MR) is 109 cm³/mol. The van der Waals surface area contributed by atoms with E-state index in [2.05, 4.69) is 22.3 Å². The molecule has 7 heteroatoms. The van der Waals surface area contributed by atoms with Gasteiger partial charge in [-0.3, -0.25) is 0 Å². The lowest BCUT2D eigenvalue weighted by Crippen LogP contribution is -2.46. The number of nitrogens with one attached hydrogen (secondary N) is 1. The molecule has 0 spiro atoms. The lowest BCUT2D eigenvalue weighted by Gasteiger charge is -2.28. The summed E-state index contributed by atoms with van der Waals surface area (Å²) in [5.41, 5.74) is -0.00531. The van der Waals surface area contributed by atoms with Crippen LogP contribution >= 0.6 is 0 Å².